The van der Waals surface area contributed by atoms with Crippen LogP contribution in [0.2, 0.25) is 0 Å². The maximum Gasteiger partial charge on any atom is 0.283 e. The molecular weight excluding hydrogens is 522 g/mol. The van der Waals surface area contributed by atoms with E-state index in [9.17, 15) is 22.7 Å². The van der Waals surface area contributed by atoms with Gasteiger partial charge < -0.3 is 20.3 Å². The average Bonchev–Trinajstić information content (AvgIpc) is 3.48. The fourth-order valence-corrected chi connectivity index (χ4v) is 6.04. The van der Waals surface area contributed by atoms with E-state index in [-0.39, 0.29) is 29.2 Å². The number of aliphatic hydroxyl groups is 1. The number of alkyl halides is 3. The lowest BCUT2D eigenvalue weighted by atomic mass is 9.87. The van der Waals surface area contributed by atoms with Gasteiger partial charge in [-0.15, -0.1) is 0 Å². The molecule has 0 bridgehead atoms. The van der Waals surface area contributed by atoms with Crippen molar-refractivity contribution < 1.29 is 31.4 Å². The minimum Gasteiger partial charge on any atom is -0.390 e. The van der Waals surface area contributed by atoms with Crippen LogP contribution < -0.4 is 5.32 Å². The van der Waals surface area contributed by atoms with Gasteiger partial charge in [0.1, 0.15) is 24.1 Å². The molecule has 2 aliphatic rings. The highest BCUT2D eigenvalue weighted by atomic mass is 19.3. The smallest absolute Gasteiger partial charge is 0.283 e. The number of aromatic amines is 1. The molecule has 11 heteroatoms. The van der Waals surface area contributed by atoms with Crippen molar-refractivity contribution in [3.05, 3.63) is 64.6 Å². The van der Waals surface area contributed by atoms with E-state index in [4.69, 9.17) is 0 Å². The molecule has 2 aromatic carbocycles. The largest absolute Gasteiger partial charge is 0.390 e. The first-order valence-electron chi connectivity index (χ1n) is 13.2. The van der Waals surface area contributed by atoms with E-state index in [1.807, 2.05) is 0 Å². The summed E-state index contributed by atoms with van der Waals surface area (Å²) in [6.45, 7) is 0.838. The predicted molar refractivity (Wildman–Crippen MR) is 137 cm³/mol. The van der Waals surface area contributed by atoms with Crippen molar-refractivity contribution in [1.29, 1.82) is 0 Å². The highest BCUT2D eigenvalue weighted by Gasteiger charge is 2.43. The summed E-state index contributed by atoms with van der Waals surface area (Å²) in [7, 11) is 0. The zero-order valence-electron chi connectivity index (χ0n) is 21.6. The van der Waals surface area contributed by atoms with Crippen molar-refractivity contribution in [1.82, 2.24) is 14.8 Å². The lowest BCUT2D eigenvalue weighted by molar-refractivity contribution is -0.0869. The first-order valence-corrected chi connectivity index (χ1v) is 13.2. The lowest BCUT2D eigenvalue weighted by Gasteiger charge is -2.42. The standard InChI is InChI=1S/C28H32F6N4O/c1-16-10-19-24-20(30)4-2-5-23(24)36-26(19)27(38(16)14-28(33,34)15-39)25-21(31)11-18(12-22(25)32)35-17-6-9-37(13-17)8-3-7-29/h2,4-5,11-12,16-17,27,35-36,39H,3,6-10,13-15H2,1H3/t16-,17?,27-/m1/s1. The van der Waals surface area contributed by atoms with Crippen LogP contribution in [0.3, 0.4) is 0 Å². The molecule has 212 valence electrons. The summed E-state index contributed by atoms with van der Waals surface area (Å²) in [6.07, 6.45) is 1.33. The highest BCUT2D eigenvalue weighted by Crippen LogP contribution is 2.44. The summed E-state index contributed by atoms with van der Waals surface area (Å²) in [4.78, 5) is 6.38. The Hall–Kier alpha value is -2.76. The normalized spacial score (nSPS) is 22.5. The van der Waals surface area contributed by atoms with E-state index in [1.54, 1.807) is 13.0 Å². The molecule has 3 heterocycles. The molecule has 0 aliphatic carbocycles. The van der Waals surface area contributed by atoms with Gasteiger partial charge in [0.25, 0.3) is 5.92 Å². The Morgan fingerprint density at radius 3 is 2.56 bits per heavy atom. The number of aliphatic hydroxyl groups excluding tert-OH is 1. The van der Waals surface area contributed by atoms with Gasteiger partial charge in [0, 0.05) is 59.6 Å². The topological polar surface area (TPSA) is 54.5 Å². The van der Waals surface area contributed by atoms with E-state index in [0.717, 1.165) is 25.1 Å². The molecule has 2 aliphatic heterocycles. The van der Waals surface area contributed by atoms with Gasteiger partial charge in [-0.1, -0.05) is 6.07 Å². The second kappa shape index (κ2) is 11.0. The van der Waals surface area contributed by atoms with Crippen LogP contribution in [0.1, 0.15) is 42.6 Å². The van der Waals surface area contributed by atoms with Crippen molar-refractivity contribution >= 4 is 16.6 Å². The van der Waals surface area contributed by atoms with Crippen LogP contribution in [0, 0.1) is 17.5 Å². The quantitative estimate of drug-likeness (QED) is 0.311. The number of rotatable bonds is 9. The summed E-state index contributed by atoms with van der Waals surface area (Å²) < 4.78 is 87.8. The Bertz CT molecular complexity index is 1310. The van der Waals surface area contributed by atoms with Gasteiger partial charge in [-0.3, -0.25) is 9.29 Å². The third-order valence-corrected chi connectivity index (χ3v) is 7.83. The number of likely N-dealkylation sites (tertiary alicyclic amines) is 1. The number of hydrogen-bond acceptors (Lipinski definition) is 4. The number of halogens is 6. The number of hydrogen-bond donors (Lipinski definition) is 3. The third-order valence-electron chi connectivity index (χ3n) is 7.83. The lowest BCUT2D eigenvalue weighted by Crippen LogP contribution is -2.49. The molecule has 1 unspecified atom stereocenters. The molecule has 1 fully saturated rings. The van der Waals surface area contributed by atoms with Gasteiger partial charge in [-0.05, 0) is 56.0 Å². The number of aromatic nitrogens is 1. The van der Waals surface area contributed by atoms with Crippen molar-refractivity contribution in [2.45, 2.75) is 50.2 Å². The first-order chi connectivity index (χ1) is 18.6. The first kappa shape index (κ1) is 27.8. The summed E-state index contributed by atoms with van der Waals surface area (Å²) in [6, 6.07) is 4.69. The number of nitrogens with zero attached hydrogens (tertiary/aromatic N) is 2. The maximum absolute atomic E-state index is 15.8. The summed E-state index contributed by atoms with van der Waals surface area (Å²) in [5, 5.41) is 12.7. The van der Waals surface area contributed by atoms with Crippen LogP contribution in [0.5, 0.6) is 0 Å². The molecule has 0 saturated carbocycles. The Balaban J connectivity index is 1.53. The van der Waals surface area contributed by atoms with Crippen LogP contribution >= 0.6 is 0 Å². The van der Waals surface area contributed by atoms with Gasteiger partial charge in [0.2, 0.25) is 0 Å². The third kappa shape index (κ3) is 5.49. The molecule has 0 spiro atoms. The van der Waals surface area contributed by atoms with E-state index in [2.05, 4.69) is 15.2 Å². The number of anilines is 1. The molecule has 3 atom stereocenters. The second-order valence-corrected chi connectivity index (χ2v) is 10.6. The monoisotopic (exact) mass is 554 g/mol. The fourth-order valence-electron chi connectivity index (χ4n) is 6.04. The molecule has 1 aromatic heterocycles. The molecule has 5 nitrogen and oxygen atoms in total. The van der Waals surface area contributed by atoms with Gasteiger partial charge in [-0.2, -0.15) is 0 Å². The van der Waals surface area contributed by atoms with Crippen molar-refractivity contribution in [2.75, 3.05) is 44.8 Å². The average molecular weight is 555 g/mol. The zero-order chi connectivity index (χ0) is 27.9. The van der Waals surface area contributed by atoms with Crippen LogP contribution in [0.4, 0.5) is 32.0 Å². The SMILES string of the molecule is C[C@@H]1Cc2c([nH]c3cccc(F)c23)[C@@H](c2c(F)cc(NC3CCN(CCCF)C3)cc2F)N1CC(F)(F)CO. The van der Waals surface area contributed by atoms with Crippen LogP contribution in [-0.2, 0) is 6.42 Å². The Kier molecular flexibility index (Phi) is 7.85. The molecule has 1 saturated heterocycles. The van der Waals surface area contributed by atoms with E-state index < -0.39 is 60.8 Å². The Morgan fingerprint density at radius 2 is 1.87 bits per heavy atom. The van der Waals surface area contributed by atoms with Crippen LogP contribution in [0.15, 0.2) is 30.3 Å². The highest BCUT2D eigenvalue weighted by molar-refractivity contribution is 5.86. The molecule has 3 N–H and O–H groups in total. The molecule has 5 rings (SSSR count). The van der Waals surface area contributed by atoms with Gasteiger partial charge in [0.05, 0.1) is 19.3 Å². The molecule has 39 heavy (non-hydrogen) atoms. The molecule has 3 aromatic rings. The minimum absolute atomic E-state index is 0.0769. The summed E-state index contributed by atoms with van der Waals surface area (Å²) in [5.74, 6) is -5.88. The number of nitrogens with one attached hydrogen (secondary N) is 2. The minimum atomic E-state index is -3.52. The van der Waals surface area contributed by atoms with Crippen molar-refractivity contribution in [3.8, 4) is 0 Å². The predicted octanol–water partition coefficient (Wildman–Crippen LogP) is 5.39. The Morgan fingerprint density at radius 1 is 1.13 bits per heavy atom. The van der Waals surface area contributed by atoms with Gasteiger partial charge >= 0.3 is 0 Å². The van der Waals surface area contributed by atoms with Gasteiger partial charge in [0.15, 0.2) is 0 Å². The molecule has 0 radical (unpaired) electrons. The zero-order valence-corrected chi connectivity index (χ0v) is 21.6. The van der Waals surface area contributed by atoms with Crippen molar-refractivity contribution in [2.24, 2.45) is 0 Å². The number of fused-ring (bicyclic) bond motifs is 3. The summed E-state index contributed by atoms with van der Waals surface area (Å²) in [5.41, 5.74) is 0.935. The summed E-state index contributed by atoms with van der Waals surface area (Å²) >= 11 is 0. The van der Waals surface area contributed by atoms with Crippen LogP contribution in [0.25, 0.3) is 10.9 Å². The van der Waals surface area contributed by atoms with E-state index in [1.165, 1.54) is 17.0 Å². The van der Waals surface area contributed by atoms with Gasteiger partial charge in [-0.25, -0.2) is 22.0 Å². The van der Waals surface area contributed by atoms with E-state index in [0.29, 0.717) is 30.6 Å². The van der Waals surface area contributed by atoms with E-state index >= 15 is 8.78 Å². The number of H-pyrrole nitrogens is 1. The Labute approximate surface area is 222 Å². The van der Waals surface area contributed by atoms with Crippen molar-refractivity contribution in [3.63, 3.8) is 0 Å². The second-order valence-electron chi connectivity index (χ2n) is 10.6. The maximum atomic E-state index is 15.8. The number of benzene rings is 2. The fraction of sp³-hybridized carbons (Fsp3) is 0.500. The molecule has 0 amide bonds. The van der Waals surface area contributed by atoms with Crippen LogP contribution in [-0.4, -0.2) is 77.4 Å². The molecular formula is C28H32F6N4O.